The Bertz CT molecular complexity index is 287. The molecule has 2 N–H and O–H groups in total. The van der Waals surface area contributed by atoms with Gasteiger partial charge in [0.25, 0.3) is 0 Å². The van der Waals surface area contributed by atoms with Crippen molar-refractivity contribution in [2.45, 2.75) is 51.2 Å². The van der Waals surface area contributed by atoms with E-state index in [0.717, 1.165) is 19.3 Å². The van der Waals surface area contributed by atoms with E-state index in [9.17, 15) is 10.2 Å². The summed E-state index contributed by atoms with van der Waals surface area (Å²) < 4.78 is 0. The predicted molar refractivity (Wildman–Crippen MR) is 66.3 cm³/mol. The second-order valence-corrected chi connectivity index (χ2v) is 5.05. The molecular formula is C14H22O2. The van der Waals surface area contributed by atoms with Crippen molar-refractivity contribution in [2.24, 2.45) is 0 Å². The van der Waals surface area contributed by atoms with Gasteiger partial charge < -0.3 is 10.2 Å². The Labute approximate surface area is 97.9 Å². The van der Waals surface area contributed by atoms with Gasteiger partial charge in [-0.05, 0) is 45.1 Å². The summed E-state index contributed by atoms with van der Waals surface area (Å²) in [5.41, 5.74) is 0.546. The monoisotopic (exact) mass is 222 g/mol. The summed E-state index contributed by atoms with van der Waals surface area (Å²) in [7, 11) is 0. The molecular weight excluding hydrogens is 200 g/mol. The predicted octanol–water partition coefficient (Wildman–Crippen LogP) is 2.53. The van der Waals surface area contributed by atoms with Crippen molar-refractivity contribution < 1.29 is 10.2 Å². The fourth-order valence-electron chi connectivity index (χ4n) is 1.76. The highest BCUT2D eigenvalue weighted by Gasteiger charge is 2.13. The zero-order chi connectivity index (χ0) is 12.0. The van der Waals surface area contributed by atoms with Gasteiger partial charge in [0.15, 0.2) is 0 Å². The minimum atomic E-state index is -0.619. The summed E-state index contributed by atoms with van der Waals surface area (Å²) >= 11 is 0. The van der Waals surface area contributed by atoms with Gasteiger partial charge in [-0.3, -0.25) is 0 Å². The van der Waals surface area contributed by atoms with Crippen molar-refractivity contribution in [3.8, 4) is 0 Å². The zero-order valence-corrected chi connectivity index (χ0v) is 10.2. The average Bonchev–Trinajstić information content (AvgIpc) is 2.17. The Kier molecular flexibility index (Phi) is 4.97. The van der Waals surface area contributed by atoms with E-state index < -0.39 is 5.60 Å². The highest BCUT2D eigenvalue weighted by Crippen LogP contribution is 2.15. The molecule has 0 saturated heterocycles. The third kappa shape index (κ3) is 5.89. The first-order valence-electron chi connectivity index (χ1n) is 5.92. The van der Waals surface area contributed by atoms with E-state index in [2.05, 4.69) is 0 Å². The molecule has 0 aliphatic heterocycles. The molecule has 90 valence electrons. The number of hydrogen-bond donors (Lipinski definition) is 2. The zero-order valence-electron chi connectivity index (χ0n) is 10.2. The first-order valence-corrected chi connectivity index (χ1v) is 5.92. The third-order valence-electron chi connectivity index (χ3n) is 2.64. The van der Waals surface area contributed by atoms with Crippen molar-refractivity contribution >= 4 is 0 Å². The second kappa shape index (κ2) is 6.02. The minimum Gasteiger partial charge on any atom is -0.393 e. The molecule has 1 unspecified atom stereocenters. The van der Waals surface area contributed by atoms with Gasteiger partial charge in [-0.1, -0.05) is 30.3 Å². The van der Waals surface area contributed by atoms with E-state index in [-0.39, 0.29) is 6.10 Å². The van der Waals surface area contributed by atoms with Gasteiger partial charge in [-0.25, -0.2) is 0 Å². The van der Waals surface area contributed by atoms with Gasteiger partial charge in [0.1, 0.15) is 0 Å². The normalized spacial score (nSPS) is 13.8. The first-order chi connectivity index (χ1) is 7.47. The molecule has 0 aromatic heterocycles. The van der Waals surface area contributed by atoms with E-state index in [4.69, 9.17) is 0 Å². The molecule has 0 spiro atoms. The second-order valence-electron chi connectivity index (χ2n) is 5.05. The van der Waals surface area contributed by atoms with Crippen LogP contribution in [0.25, 0.3) is 0 Å². The smallest absolute Gasteiger partial charge is 0.0591 e. The molecule has 1 aromatic rings. The van der Waals surface area contributed by atoms with Crippen LogP contribution in [0.15, 0.2) is 30.3 Å². The van der Waals surface area contributed by atoms with Gasteiger partial charge in [-0.15, -0.1) is 0 Å². The highest BCUT2D eigenvalue weighted by atomic mass is 16.3. The Hall–Kier alpha value is -0.860. The minimum absolute atomic E-state index is 0.301. The van der Waals surface area contributed by atoms with E-state index >= 15 is 0 Å². The summed E-state index contributed by atoms with van der Waals surface area (Å²) in [6.45, 7) is 3.60. The van der Waals surface area contributed by atoms with Gasteiger partial charge in [-0.2, -0.15) is 0 Å². The first kappa shape index (κ1) is 13.2. The Morgan fingerprint density at radius 2 is 1.81 bits per heavy atom. The SMILES string of the molecule is CC(C)(O)CCCC(O)Cc1ccccc1. The van der Waals surface area contributed by atoms with Crippen LogP contribution in [0.5, 0.6) is 0 Å². The van der Waals surface area contributed by atoms with Gasteiger partial charge in [0.2, 0.25) is 0 Å². The molecule has 0 saturated carbocycles. The lowest BCUT2D eigenvalue weighted by molar-refractivity contribution is 0.0621. The lowest BCUT2D eigenvalue weighted by Crippen LogP contribution is -2.19. The van der Waals surface area contributed by atoms with Crippen molar-refractivity contribution in [2.75, 3.05) is 0 Å². The van der Waals surface area contributed by atoms with Crippen LogP contribution in [0.4, 0.5) is 0 Å². The van der Waals surface area contributed by atoms with E-state index in [0.29, 0.717) is 6.42 Å². The molecule has 0 aliphatic carbocycles. The maximum atomic E-state index is 9.82. The molecule has 0 heterocycles. The largest absolute Gasteiger partial charge is 0.393 e. The maximum Gasteiger partial charge on any atom is 0.0591 e. The van der Waals surface area contributed by atoms with Crippen molar-refractivity contribution in [3.05, 3.63) is 35.9 Å². The summed E-state index contributed by atoms with van der Waals surface area (Å²) in [5, 5.41) is 19.4. The third-order valence-corrected chi connectivity index (χ3v) is 2.64. The molecule has 1 aromatic carbocycles. The van der Waals surface area contributed by atoms with Crippen LogP contribution in [0.2, 0.25) is 0 Å². The molecule has 0 fully saturated rings. The van der Waals surface area contributed by atoms with Gasteiger partial charge >= 0.3 is 0 Å². The molecule has 0 amide bonds. The highest BCUT2D eigenvalue weighted by molar-refractivity contribution is 5.15. The summed E-state index contributed by atoms with van der Waals surface area (Å²) in [4.78, 5) is 0. The topological polar surface area (TPSA) is 40.5 Å². The van der Waals surface area contributed by atoms with E-state index in [1.165, 1.54) is 5.56 Å². The summed E-state index contributed by atoms with van der Waals surface area (Å²) in [5.74, 6) is 0. The maximum absolute atomic E-state index is 9.82. The quantitative estimate of drug-likeness (QED) is 0.776. The van der Waals surface area contributed by atoms with Crippen LogP contribution in [0.3, 0.4) is 0 Å². The van der Waals surface area contributed by atoms with Crippen molar-refractivity contribution in [1.29, 1.82) is 0 Å². The molecule has 1 rings (SSSR count). The van der Waals surface area contributed by atoms with E-state index in [1.807, 2.05) is 30.3 Å². The number of aliphatic hydroxyl groups is 2. The Balaban J connectivity index is 2.24. The summed E-state index contributed by atoms with van der Waals surface area (Å²) in [6, 6.07) is 10.0. The molecule has 0 radical (unpaired) electrons. The number of hydrogen-bond acceptors (Lipinski definition) is 2. The van der Waals surface area contributed by atoms with Crippen molar-refractivity contribution in [3.63, 3.8) is 0 Å². The van der Waals surface area contributed by atoms with Crippen LogP contribution in [-0.2, 0) is 6.42 Å². The van der Waals surface area contributed by atoms with E-state index in [1.54, 1.807) is 13.8 Å². The van der Waals surface area contributed by atoms with Crippen LogP contribution in [0, 0.1) is 0 Å². The number of aliphatic hydroxyl groups excluding tert-OH is 1. The van der Waals surface area contributed by atoms with Crippen molar-refractivity contribution in [1.82, 2.24) is 0 Å². The number of benzene rings is 1. The van der Waals surface area contributed by atoms with Gasteiger partial charge in [0, 0.05) is 0 Å². The standard InChI is InChI=1S/C14H22O2/c1-14(2,16)10-6-9-13(15)11-12-7-4-3-5-8-12/h3-5,7-8,13,15-16H,6,9-11H2,1-2H3. The Morgan fingerprint density at radius 3 is 2.38 bits per heavy atom. The average molecular weight is 222 g/mol. The number of rotatable bonds is 6. The van der Waals surface area contributed by atoms with Gasteiger partial charge in [0.05, 0.1) is 11.7 Å². The van der Waals surface area contributed by atoms with Crippen LogP contribution in [0.1, 0.15) is 38.7 Å². The van der Waals surface area contributed by atoms with Crippen LogP contribution >= 0.6 is 0 Å². The lowest BCUT2D eigenvalue weighted by atomic mass is 9.98. The molecule has 2 heteroatoms. The van der Waals surface area contributed by atoms with Crippen LogP contribution in [-0.4, -0.2) is 21.9 Å². The Morgan fingerprint density at radius 1 is 1.19 bits per heavy atom. The fraction of sp³-hybridized carbons (Fsp3) is 0.571. The molecule has 2 nitrogen and oxygen atoms in total. The molecule has 0 bridgehead atoms. The molecule has 0 aliphatic rings. The van der Waals surface area contributed by atoms with Crippen LogP contribution < -0.4 is 0 Å². The molecule has 1 atom stereocenters. The lowest BCUT2D eigenvalue weighted by Gasteiger charge is -2.18. The fourth-order valence-corrected chi connectivity index (χ4v) is 1.76. The summed E-state index contributed by atoms with van der Waals surface area (Å²) in [6.07, 6.45) is 2.74. The molecule has 16 heavy (non-hydrogen) atoms.